The van der Waals surface area contributed by atoms with E-state index in [9.17, 15) is 0 Å². The lowest BCUT2D eigenvalue weighted by atomic mass is 10.2. The summed E-state index contributed by atoms with van der Waals surface area (Å²) in [5, 5.41) is 0.965. The molecule has 0 aliphatic rings. The molecule has 90 valence electrons. The summed E-state index contributed by atoms with van der Waals surface area (Å²) in [5.41, 5.74) is 0.915. The van der Waals surface area contributed by atoms with Crippen molar-refractivity contribution in [1.82, 2.24) is 9.97 Å². The summed E-state index contributed by atoms with van der Waals surface area (Å²) in [4.78, 5) is 8.36. The van der Waals surface area contributed by atoms with E-state index in [-0.39, 0.29) is 0 Å². The molecule has 4 heteroatoms. The van der Waals surface area contributed by atoms with Gasteiger partial charge in [0.1, 0.15) is 6.33 Å². The molecule has 0 fully saturated rings. The van der Waals surface area contributed by atoms with E-state index in [1.54, 1.807) is 0 Å². The van der Waals surface area contributed by atoms with Crippen LogP contribution in [0.25, 0.3) is 10.9 Å². The van der Waals surface area contributed by atoms with Gasteiger partial charge in [-0.25, -0.2) is 9.97 Å². The molecule has 0 atom stereocenters. The van der Waals surface area contributed by atoms with Crippen molar-refractivity contribution >= 4 is 22.5 Å². The van der Waals surface area contributed by atoms with Crippen LogP contribution < -0.4 is 4.74 Å². The molecule has 17 heavy (non-hydrogen) atoms. The summed E-state index contributed by atoms with van der Waals surface area (Å²) in [6.07, 6.45) is 4.67. The van der Waals surface area contributed by atoms with Gasteiger partial charge in [0.25, 0.3) is 0 Å². The average Bonchev–Trinajstić information content (AvgIpc) is 2.39. The van der Waals surface area contributed by atoms with Gasteiger partial charge in [-0.15, -0.1) is 11.6 Å². The van der Waals surface area contributed by atoms with Gasteiger partial charge >= 0.3 is 0 Å². The molecule has 2 rings (SSSR count). The smallest absolute Gasteiger partial charge is 0.224 e. The number of para-hydroxylation sites is 1. The fourth-order valence-corrected chi connectivity index (χ4v) is 1.83. The minimum Gasteiger partial charge on any atom is -0.477 e. The Hall–Kier alpha value is -1.35. The molecule has 0 amide bonds. The minimum absolute atomic E-state index is 0.668. The zero-order valence-electron chi connectivity index (χ0n) is 9.60. The fourth-order valence-electron chi connectivity index (χ4n) is 1.64. The molecular formula is C13H15ClN2O. The van der Waals surface area contributed by atoms with Gasteiger partial charge in [-0.1, -0.05) is 12.1 Å². The predicted octanol–water partition coefficient (Wildman–Crippen LogP) is 3.42. The Kier molecular flexibility index (Phi) is 4.56. The van der Waals surface area contributed by atoms with Crippen LogP contribution in [0.5, 0.6) is 5.88 Å². The molecule has 0 spiro atoms. The summed E-state index contributed by atoms with van der Waals surface area (Å²) >= 11 is 5.61. The Morgan fingerprint density at radius 3 is 2.82 bits per heavy atom. The fraction of sp³-hybridized carbons (Fsp3) is 0.385. The number of aromatic nitrogens is 2. The first-order valence-corrected chi connectivity index (χ1v) is 6.34. The Morgan fingerprint density at radius 2 is 1.94 bits per heavy atom. The molecule has 1 aromatic heterocycles. The Balaban J connectivity index is 1.98. The van der Waals surface area contributed by atoms with Crippen molar-refractivity contribution in [3.05, 3.63) is 30.6 Å². The number of hydrogen-bond donors (Lipinski definition) is 0. The predicted molar refractivity (Wildman–Crippen MR) is 69.6 cm³/mol. The van der Waals surface area contributed by atoms with Crippen LogP contribution in [0.15, 0.2) is 30.6 Å². The molecule has 0 aliphatic carbocycles. The standard InChI is InChI=1S/C13H15ClN2O/c14-8-4-1-5-9-17-13-11-6-2-3-7-12(11)15-10-16-13/h2-3,6-7,10H,1,4-5,8-9H2. The topological polar surface area (TPSA) is 35.0 Å². The monoisotopic (exact) mass is 250 g/mol. The number of halogens is 1. The van der Waals surface area contributed by atoms with E-state index >= 15 is 0 Å². The number of rotatable bonds is 6. The van der Waals surface area contributed by atoms with Crippen molar-refractivity contribution in [2.45, 2.75) is 19.3 Å². The number of ether oxygens (including phenoxy) is 1. The summed E-state index contributed by atoms with van der Waals surface area (Å²) < 4.78 is 5.67. The van der Waals surface area contributed by atoms with Crippen LogP contribution in [0.3, 0.4) is 0 Å². The summed E-state index contributed by atoms with van der Waals surface area (Å²) in [5.74, 6) is 1.39. The van der Waals surface area contributed by atoms with Gasteiger partial charge in [-0.2, -0.15) is 0 Å². The van der Waals surface area contributed by atoms with Gasteiger partial charge in [0, 0.05) is 5.88 Å². The highest BCUT2D eigenvalue weighted by atomic mass is 35.5. The van der Waals surface area contributed by atoms with Gasteiger partial charge in [-0.3, -0.25) is 0 Å². The Morgan fingerprint density at radius 1 is 1.06 bits per heavy atom. The Bertz CT molecular complexity index is 470. The number of alkyl halides is 1. The average molecular weight is 251 g/mol. The molecule has 0 saturated heterocycles. The first-order chi connectivity index (χ1) is 8.42. The van der Waals surface area contributed by atoms with E-state index in [0.29, 0.717) is 12.5 Å². The molecule has 3 nitrogen and oxygen atoms in total. The van der Waals surface area contributed by atoms with E-state index in [0.717, 1.165) is 36.0 Å². The van der Waals surface area contributed by atoms with Crippen LogP contribution in [-0.4, -0.2) is 22.5 Å². The molecule has 0 N–H and O–H groups in total. The van der Waals surface area contributed by atoms with Crippen LogP contribution in [-0.2, 0) is 0 Å². The van der Waals surface area contributed by atoms with Gasteiger partial charge in [0.05, 0.1) is 17.5 Å². The number of fused-ring (bicyclic) bond motifs is 1. The molecule has 0 bridgehead atoms. The SMILES string of the molecule is ClCCCCCOc1ncnc2ccccc12. The van der Waals surface area contributed by atoms with Crippen molar-refractivity contribution in [2.75, 3.05) is 12.5 Å². The normalized spacial score (nSPS) is 10.6. The van der Waals surface area contributed by atoms with E-state index < -0.39 is 0 Å². The highest BCUT2D eigenvalue weighted by Crippen LogP contribution is 2.20. The molecule has 0 unspecified atom stereocenters. The van der Waals surface area contributed by atoms with Crippen molar-refractivity contribution < 1.29 is 4.74 Å². The highest BCUT2D eigenvalue weighted by molar-refractivity contribution is 6.17. The first-order valence-electron chi connectivity index (χ1n) is 5.80. The second kappa shape index (κ2) is 6.40. The lowest BCUT2D eigenvalue weighted by molar-refractivity contribution is 0.298. The summed E-state index contributed by atoms with van der Waals surface area (Å²) in [7, 11) is 0. The number of unbranched alkanes of at least 4 members (excludes halogenated alkanes) is 2. The third kappa shape index (κ3) is 3.30. The van der Waals surface area contributed by atoms with Crippen molar-refractivity contribution in [2.24, 2.45) is 0 Å². The van der Waals surface area contributed by atoms with Gasteiger partial charge in [-0.05, 0) is 31.4 Å². The van der Waals surface area contributed by atoms with Crippen LogP contribution in [0.4, 0.5) is 0 Å². The van der Waals surface area contributed by atoms with Crippen LogP contribution in [0, 0.1) is 0 Å². The number of benzene rings is 1. The highest BCUT2D eigenvalue weighted by Gasteiger charge is 2.03. The third-order valence-corrected chi connectivity index (χ3v) is 2.79. The zero-order chi connectivity index (χ0) is 11.9. The quantitative estimate of drug-likeness (QED) is 0.582. The maximum Gasteiger partial charge on any atom is 0.224 e. The second-order valence-electron chi connectivity index (χ2n) is 3.79. The van der Waals surface area contributed by atoms with Crippen LogP contribution >= 0.6 is 11.6 Å². The van der Waals surface area contributed by atoms with Gasteiger partial charge < -0.3 is 4.74 Å². The largest absolute Gasteiger partial charge is 0.477 e. The molecule has 2 aromatic rings. The second-order valence-corrected chi connectivity index (χ2v) is 4.17. The van der Waals surface area contributed by atoms with E-state index in [1.165, 1.54) is 6.33 Å². The lowest BCUT2D eigenvalue weighted by Gasteiger charge is -2.06. The molecular weight excluding hydrogens is 236 g/mol. The van der Waals surface area contributed by atoms with Gasteiger partial charge in [0.15, 0.2) is 0 Å². The lowest BCUT2D eigenvalue weighted by Crippen LogP contribution is -2.00. The Labute approximate surface area is 106 Å². The van der Waals surface area contributed by atoms with E-state index in [4.69, 9.17) is 16.3 Å². The zero-order valence-corrected chi connectivity index (χ0v) is 10.4. The summed E-state index contributed by atoms with van der Waals surface area (Å²) in [6, 6.07) is 7.85. The third-order valence-electron chi connectivity index (χ3n) is 2.52. The van der Waals surface area contributed by atoms with E-state index in [1.807, 2.05) is 24.3 Å². The van der Waals surface area contributed by atoms with Crippen molar-refractivity contribution in [1.29, 1.82) is 0 Å². The molecule has 0 radical (unpaired) electrons. The number of hydrogen-bond acceptors (Lipinski definition) is 3. The summed E-state index contributed by atoms with van der Waals surface area (Å²) in [6.45, 7) is 0.678. The van der Waals surface area contributed by atoms with Crippen molar-refractivity contribution in [3.8, 4) is 5.88 Å². The maximum atomic E-state index is 5.67. The minimum atomic E-state index is 0.668. The van der Waals surface area contributed by atoms with Crippen LogP contribution in [0.1, 0.15) is 19.3 Å². The number of nitrogens with zero attached hydrogens (tertiary/aromatic N) is 2. The molecule has 0 saturated carbocycles. The van der Waals surface area contributed by atoms with Crippen molar-refractivity contribution in [3.63, 3.8) is 0 Å². The van der Waals surface area contributed by atoms with Crippen LogP contribution in [0.2, 0.25) is 0 Å². The molecule has 0 aliphatic heterocycles. The first kappa shape index (κ1) is 12.1. The van der Waals surface area contributed by atoms with Gasteiger partial charge in [0.2, 0.25) is 5.88 Å². The maximum absolute atomic E-state index is 5.67. The molecule has 1 heterocycles. The van der Waals surface area contributed by atoms with E-state index in [2.05, 4.69) is 9.97 Å². The molecule has 1 aromatic carbocycles.